The molecule has 0 spiro atoms. The molecular formula is C12H18Cl2N2. The van der Waals surface area contributed by atoms with Crippen LogP contribution in [0.5, 0.6) is 0 Å². The summed E-state index contributed by atoms with van der Waals surface area (Å²) in [4.78, 5) is 0. The lowest BCUT2D eigenvalue weighted by molar-refractivity contribution is 0.374. The van der Waals surface area contributed by atoms with Crippen LogP contribution < -0.4 is 10.6 Å². The predicted octanol–water partition coefficient (Wildman–Crippen LogP) is 3.08. The molecule has 16 heavy (non-hydrogen) atoms. The lowest BCUT2D eigenvalue weighted by Crippen LogP contribution is -2.46. The van der Waals surface area contributed by atoms with Crippen molar-refractivity contribution in [3.05, 3.63) is 33.8 Å². The molecule has 0 unspecified atom stereocenters. The van der Waals surface area contributed by atoms with Gasteiger partial charge in [0.15, 0.2) is 0 Å². The van der Waals surface area contributed by atoms with Gasteiger partial charge in [0.2, 0.25) is 0 Å². The van der Waals surface area contributed by atoms with Crippen molar-refractivity contribution in [1.82, 2.24) is 10.6 Å². The van der Waals surface area contributed by atoms with Crippen molar-refractivity contribution in [3.8, 4) is 0 Å². The van der Waals surface area contributed by atoms with Crippen LogP contribution in [0, 0.1) is 0 Å². The normalized spacial score (nSPS) is 11.8. The van der Waals surface area contributed by atoms with E-state index in [1.54, 1.807) is 6.07 Å². The Kier molecular flexibility index (Phi) is 5.06. The Hall–Kier alpha value is -0.280. The van der Waals surface area contributed by atoms with Crippen LogP contribution in [0.2, 0.25) is 10.0 Å². The Morgan fingerprint density at radius 3 is 2.50 bits per heavy atom. The molecule has 0 bridgehead atoms. The third-order valence-corrected chi connectivity index (χ3v) is 2.98. The van der Waals surface area contributed by atoms with E-state index in [2.05, 4.69) is 24.5 Å². The first-order chi connectivity index (χ1) is 7.44. The Morgan fingerprint density at radius 2 is 1.94 bits per heavy atom. The summed E-state index contributed by atoms with van der Waals surface area (Å²) in [5.41, 5.74) is 1.10. The summed E-state index contributed by atoms with van der Waals surface area (Å²) in [6.07, 6.45) is 0. The van der Waals surface area contributed by atoms with Gasteiger partial charge >= 0.3 is 0 Å². The Balaban J connectivity index is 2.61. The monoisotopic (exact) mass is 260 g/mol. The summed E-state index contributed by atoms with van der Waals surface area (Å²) in [5, 5.41) is 7.98. The number of likely N-dealkylation sites (N-methyl/N-ethyl adjacent to an activating group) is 1. The molecule has 1 aromatic carbocycles. The van der Waals surface area contributed by atoms with E-state index in [9.17, 15) is 0 Å². The first kappa shape index (κ1) is 13.8. The quantitative estimate of drug-likeness (QED) is 0.851. The van der Waals surface area contributed by atoms with E-state index in [-0.39, 0.29) is 5.54 Å². The highest BCUT2D eigenvalue weighted by molar-refractivity contribution is 6.35. The molecule has 1 aromatic rings. The molecule has 0 fully saturated rings. The van der Waals surface area contributed by atoms with Crippen molar-refractivity contribution in [2.24, 2.45) is 0 Å². The molecule has 0 aliphatic rings. The molecular weight excluding hydrogens is 243 g/mol. The zero-order valence-electron chi connectivity index (χ0n) is 9.90. The second kappa shape index (κ2) is 5.87. The van der Waals surface area contributed by atoms with Gasteiger partial charge in [-0.3, -0.25) is 0 Å². The van der Waals surface area contributed by atoms with Crippen LogP contribution in [-0.2, 0) is 6.54 Å². The zero-order valence-corrected chi connectivity index (χ0v) is 11.4. The van der Waals surface area contributed by atoms with Gasteiger partial charge < -0.3 is 10.6 Å². The van der Waals surface area contributed by atoms with E-state index in [0.29, 0.717) is 10.0 Å². The molecule has 90 valence electrons. The minimum absolute atomic E-state index is 0.0394. The van der Waals surface area contributed by atoms with E-state index < -0.39 is 0 Å². The highest BCUT2D eigenvalue weighted by atomic mass is 35.5. The van der Waals surface area contributed by atoms with Crippen molar-refractivity contribution < 1.29 is 0 Å². The first-order valence-corrected chi connectivity index (χ1v) is 6.04. The van der Waals surface area contributed by atoms with Gasteiger partial charge in [0.25, 0.3) is 0 Å². The third kappa shape index (κ3) is 4.30. The van der Waals surface area contributed by atoms with Crippen LogP contribution in [0.3, 0.4) is 0 Å². The lowest BCUT2D eigenvalue weighted by Gasteiger charge is -2.26. The summed E-state index contributed by atoms with van der Waals surface area (Å²) in [6, 6.07) is 5.58. The number of hydrogen-bond donors (Lipinski definition) is 2. The number of benzene rings is 1. The van der Waals surface area contributed by atoms with Gasteiger partial charge in [-0.15, -0.1) is 0 Å². The first-order valence-electron chi connectivity index (χ1n) is 5.28. The smallest absolute Gasteiger partial charge is 0.0465 e. The topological polar surface area (TPSA) is 24.1 Å². The molecule has 4 heteroatoms. The number of halogens is 2. The molecule has 2 N–H and O–H groups in total. The van der Waals surface area contributed by atoms with Gasteiger partial charge in [0.05, 0.1) is 0 Å². The van der Waals surface area contributed by atoms with E-state index in [1.807, 2.05) is 19.2 Å². The Bertz CT molecular complexity index is 351. The number of nitrogens with one attached hydrogen (secondary N) is 2. The largest absolute Gasteiger partial charge is 0.318 e. The Labute approximate surface area is 107 Å². The van der Waals surface area contributed by atoms with Gasteiger partial charge in [-0.1, -0.05) is 29.3 Å². The minimum atomic E-state index is 0.0394. The highest BCUT2D eigenvalue weighted by Gasteiger charge is 2.15. The maximum Gasteiger partial charge on any atom is 0.0465 e. The average molecular weight is 261 g/mol. The van der Waals surface area contributed by atoms with E-state index >= 15 is 0 Å². The van der Waals surface area contributed by atoms with Gasteiger partial charge in [0, 0.05) is 28.7 Å². The van der Waals surface area contributed by atoms with Crippen molar-refractivity contribution >= 4 is 23.2 Å². The molecule has 0 aliphatic carbocycles. The van der Waals surface area contributed by atoms with Crippen molar-refractivity contribution in [3.63, 3.8) is 0 Å². The summed E-state index contributed by atoms with van der Waals surface area (Å²) in [7, 11) is 1.94. The van der Waals surface area contributed by atoms with Crippen LogP contribution in [-0.4, -0.2) is 19.1 Å². The van der Waals surface area contributed by atoms with Gasteiger partial charge in [-0.05, 0) is 38.6 Å². The van der Waals surface area contributed by atoms with E-state index in [1.165, 1.54) is 0 Å². The molecule has 0 saturated carbocycles. The number of rotatable bonds is 5. The second-order valence-electron chi connectivity index (χ2n) is 4.50. The summed E-state index contributed by atoms with van der Waals surface area (Å²) >= 11 is 11.9. The van der Waals surface area contributed by atoms with Crippen LogP contribution in [0.4, 0.5) is 0 Å². The minimum Gasteiger partial charge on any atom is -0.318 e. The van der Waals surface area contributed by atoms with Crippen LogP contribution in [0.1, 0.15) is 19.4 Å². The highest BCUT2D eigenvalue weighted by Crippen LogP contribution is 2.21. The van der Waals surface area contributed by atoms with Crippen molar-refractivity contribution in [2.45, 2.75) is 25.9 Å². The third-order valence-electron chi connectivity index (χ3n) is 2.39. The molecule has 0 aromatic heterocycles. The standard InChI is InChI=1S/C12H18Cl2N2/c1-12(2,8-15-3)16-7-9-4-5-10(13)6-11(9)14/h4-6,15-16H,7-8H2,1-3H3. The molecule has 2 nitrogen and oxygen atoms in total. The second-order valence-corrected chi connectivity index (χ2v) is 5.35. The maximum absolute atomic E-state index is 6.10. The van der Waals surface area contributed by atoms with Gasteiger partial charge in [0.1, 0.15) is 0 Å². The molecule has 0 heterocycles. The summed E-state index contributed by atoms with van der Waals surface area (Å²) < 4.78 is 0. The summed E-state index contributed by atoms with van der Waals surface area (Å²) in [6.45, 7) is 5.93. The molecule has 0 radical (unpaired) electrons. The molecule has 0 amide bonds. The van der Waals surface area contributed by atoms with Crippen molar-refractivity contribution in [1.29, 1.82) is 0 Å². The fourth-order valence-corrected chi connectivity index (χ4v) is 1.98. The zero-order chi connectivity index (χ0) is 12.2. The summed E-state index contributed by atoms with van der Waals surface area (Å²) in [5.74, 6) is 0. The molecule has 0 saturated heterocycles. The van der Waals surface area contributed by atoms with Crippen molar-refractivity contribution in [2.75, 3.05) is 13.6 Å². The maximum atomic E-state index is 6.10. The fraction of sp³-hybridized carbons (Fsp3) is 0.500. The van der Waals surface area contributed by atoms with E-state index in [4.69, 9.17) is 23.2 Å². The molecule has 0 aliphatic heterocycles. The Morgan fingerprint density at radius 1 is 1.25 bits per heavy atom. The number of hydrogen-bond acceptors (Lipinski definition) is 2. The van der Waals surface area contributed by atoms with Crippen LogP contribution in [0.15, 0.2) is 18.2 Å². The van der Waals surface area contributed by atoms with Crippen LogP contribution >= 0.6 is 23.2 Å². The molecule has 1 rings (SSSR count). The van der Waals surface area contributed by atoms with E-state index in [0.717, 1.165) is 18.7 Å². The van der Waals surface area contributed by atoms with Gasteiger partial charge in [-0.25, -0.2) is 0 Å². The van der Waals surface area contributed by atoms with Crippen LogP contribution in [0.25, 0.3) is 0 Å². The SMILES string of the molecule is CNCC(C)(C)NCc1ccc(Cl)cc1Cl. The van der Waals surface area contributed by atoms with Gasteiger partial charge in [-0.2, -0.15) is 0 Å². The molecule has 0 atom stereocenters. The lowest BCUT2D eigenvalue weighted by atomic mass is 10.1. The fourth-order valence-electron chi connectivity index (χ4n) is 1.50. The average Bonchev–Trinajstić information content (AvgIpc) is 2.16. The predicted molar refractivity (Wildman–Crippen MR) is 71.3 cm³/mol.